The first-order valence-corrected chi connectivity index (χ1v) is 12.1. The summed E-state index contributed by atoms with van der Waals surface area (Å²) in [5.74, 6) is -1.16. The molecule has 2 N–H and O–H groups in total. The van der Waals surface area contributed by atoms with E-state index in [1.165, 1.54) is 13.0 Å². The average molecular weight is 473 g/mol. The second-order valence-electron chi connectivity index (χ2n) is 7.84. The minimum atomic E-state index is -3.70. The van der Waals surface area contributed by atoms with Gasteiger partial charge in [-0.05, 0) is 64.1 Å². The Balaban J connectivity index is 1.56. The summed E-state index contributed by atoms with van der Waals surface area (Å²) in [7, 11) is -3.70. The minimum absolute atomic E-state index is 0.0714. The van der Waals surface area contributed by atoms with E-state index in [2.05, 4.69) is 40.7 Å². The Kier molecular flexibility index (Phi) is 7.37. The molecule has 0 bridgehead atoms. The van der Waals surface area contributed by atoms with Gasteiger partial charge in [0.1, 0.15) is 11.9 Å². The highest BCUT2D eigenvalue weighted by molar-refractivity contribution is 7.90. The van der Waals surface area contributed by atoms with Crippen LogP contribution in [0.2, 0.25) is 0 Å². The highest BCUT2D eigenvalue weighted by atomic mass is 32.2. The van der Waals surface area contributed by atoms with Gasteiger partial charge in [-0.2, -0.15) is 0 Å². The molecule has 0 saturated carbocycles. The van der Waals surface area contributed by atoms with Gasteiger partial charge in [-0.3, -0.25) is 14.5 Å². The number of carbonyl (C=O) groups is 2. The fourth-order valence-corrected chi connectivity index (χ4v) is 4.75. The smallest absolute Gasteiger partial charge is 0.331 e. The van der Waals surface area contributed by atoms with Crippen LogP contribution in [-0.4, -0.2) is 51.4 Å². The third-order valence-corrected chi connectivity index (χ3v) is 6.52. The molecule has 176 valence electrons. The first kappa shape index (κ1) is 24.2. The maximum absolute atomic E-state index is 12.3. The molecule has 1 amide bonds. The van der Waals surface area contributed by atoms with E-state index >= 15 is 0 Å². The van der Waals surface area contributed by atoms with Crippen molar-refractivity contribution >= 4 is 39.1 Å². The molecule has 10 heteroatoms. The molecule has 1 heterocycles. The number of amides is 1. The molecule has 0 saturated heterocycles. The van der Waals surface area contributed by atoms with Crippen LogP contribution in [0.4, 0.5) is 11.4 Å². The highest BCUT2D eigenvalue weighted by Gasteiger charge is 2.31. The van der Waals surface area contributed by atoms with Crippen LogP contribution in [0.25, 0.3) is 0 Å². The molecule has 9 nitrogen and oxygen atoms in total. The standard InChI is InChI=1S/C23H28N4O5S/c1-5-27(15(2)3)18-12-10-17(11-13-18)25-21(28)14-32-23(29)16(4)24-22-19-8-6-7-9-20(19)33(30,31)26-22/h6-13,15-16H,5,14H2,1-4H3,(H,24,26)(H,25,28)/t16-/m1/s1. The predicted molar refractivity (Wildman–Crippen MR) is 127 cm³/mol. The number of anilines is 2. The molecule has 1 aliphatic rings. The number of carbonyl (C=O) groups excluding carboxylic acids is 2. The topological polar surface area (TPSA) is 117 Å². The summed E-state index contributed by atoms with van der Waals surface area (Å²) in [5, 5.41) is 2.68. The van der Waals surface area contributed by atoms with Crippen molar-refractivity contribution in [2.45, 2.75) is 44.7 Å². The maximum Gasteiger partial charge on any atom is 0.331 e. The second-order valence-corrected chi connectivity index (χ2v) is 9.49. The van der Waals surface area contributed by atoms with E-state index < -0.39 is 34.5 Å². The molecule has 0 fully saturated rings. The summed E-state index contributed by atoms with van der Waals surface area (Å²) in [5.41, 5.74) is 2.02. The summed E-state index contributed by atoms with van der Waals surface area (Å²) in [4.78, 5) is 30.9. The van der Waals surface area contributed by atoms with Crippen LogP contribution in [0.15, 0.2) is 58.4 Å². The van der Waals surface area contributed by atoms with Gasteiger partial charge in [0.25, 0.3) is 15.9 Å². The second kappa shape index (κ2) is 10.0. The molecule has 2 aromatic carbocycles. The molecule has 0 spiro atoms. The molecule has 1 atom stereocenters. The molecule has 0 aliphatic carbocycles. The Morgan fingerprint density at radius 2 is 1.76 bits per heavy atom. The average Bonchev–Trinajstić information content (AvgIpc) is 3.03. The lowest BCUT2D eigenvalue weighted by Crippen LogP contribution is -2.30. The van der Waals surface area contributed by atoms with Gasteiger partial charge in [0.2, 0.25) is 0 Å². The molecule has 3 rings (SSSR count). The van der Waals surface area contributed by atoms with E-state index in [1.807, 2.05) is 12.1 Å². The Bertz CT molecular complexity index is 1160. The SMILES string of the molecule is CCN(c1ccc(NC(=O)COC(=O)[C@@H](C)N=C2NS(=O)(=O)c3ccccc32)cc1)C(C)C. The van der Waals surface area contributed by atoms with Gasteiger partial charge >= 0.3 is 5.97 Å². The van der Waals surface area contributed by atoms with Gasteiger partial charge < -0.3 is 15.0 Å². The zero-order chi connectivity index (χ0) is 24.2. The summed E-state index contributed by atoms with van der Waals surface area (Å²) >= 11 is 0. The van der Waals surface area contributed by atoms with Crippen molar-refractivity contribution < 1.29 is 22.7 Å². The maximum atomic E-state index is 12.3. The number of ether oxygens (including phenoxy) is 1. The summed E-state index contributed by atoms with van der Waals surface area (Å²) < 4.78 is 31.7. The Morgan fingerprint density at radius 3 is 2.39 bits per heavy atom. The normalized spacial score (nSPS) is 16.1. The van der Waals surface area contributed by atoms with Crippen molar-refractivity contribution in [2.75, 3.05) is 23.4 Å². The van der Waals surface area contributed by atoms with Crippen LogP contribution in [0, 0.1) is 0 Å². The Labute approximate surface area is 193 Å². The van der Waals surface area contributed by atoms with E-state index in [-0.39, 0.29) is 10.7 Å². The number of aliphatic imine (C=N–C) groups is 1. The lowest BCUT2D eigenvalue weighted by molar-refractivity contribution is -0.148. The number of benzene rings is 2. The van der Waals surface area contributed by atoms with Gasteiger partial charge in [0.05, 0.1) is 4.90 Å². The molecular weight excluding hydrogens is 444 g/mol. The number of sulfonamides is 1. The van der Waals surface area contributed by atoms with Crippen molar-refractivity contribution in [2.24, 2.45) is 4.99 Å². The van der Waals surface area contributed by atoms with Crippen molar-refractivity contribution in [1.82, 2.24) is 4.72 Å². The van der Waals surface area contributed by atoms with E-state index in [1.54, 1.807) is 30.3 Å². The third kappa shape index (κ3) is 5.70. The van der Waals surface area contributed by atoms with E-state index in [0.717, 1.165) is 12.2 Å². The zero-order valence-electron chi connectivity index (χ0n) is 19.0. The Morgan fingerprint density at radius 1 is 1.09 bits per heavy atom. The van der Waals surface area contributed by atoms with Crippen LogP contribution in [-0.2, 0) is 24.3 Å². The molecule has 33 heavy (non-hydrogen) atoms. The first-order valence-electron chi connectivity index (χ1n) is 10.7. The largest absolute Gasteiger partial charge is 0.454 e. The quantitative estimate of drug-likeness (QED) is 0.570. The number of amidine groups is 1. The minimum Gasteiger partial charge on any atom is -0.454 e. The number of nitrogens with zero attached hydrogens (tertiary/aromatic N) is 2. The number of rotatable bonds is 8. The molecule has 0 unspecified atom stereocenters. The highest BCUT2D eigenvalue weighted by Crippen LogP contribution is 2.23. The third-order valence-electron chi connectivity index (χ3n) is 5.12. The number of fused-ring (bicyclic) bond motifs is 1. The van der Waals surface area contributed by atoms with Crippen LogP contribution in [0.1, 0.15) is 33.3 Å². The summed E-state index contributed by atoms with van der Waals surface area (Å²) in [6.07, 6.45) is 0. The van der Waals surface area contributed by atoms with Crippen LogP contribution in [0.5, 0.6) is 0 Å². The molecule has 1 aliphatic heterocycles. The fourth-order valence-electron chi connectivity index (χ4n) is 3.51. The molecule has 0 radical (unpaired) electrons. The van der Waals surface area contributed by atoms with Gasteiger partial charge in [-0.25, -0.2) is 13.2 Å². The van der Waals surface area contributed by atoms with E-state index in [9.17, 15) is 18.0 Å². The first-order chi connectivity index (χ1) is 15.6. The fraction of sp³-hybridized carbons (Fsp3) is 0.348. The predicted octanol–water partition coefficient (Wildman–Crippen LogP) is 2.53. The summed E-state index contributed by atoms with van der Waals surface area (Å²) in [6, 6.07) is 13.1. The molecule has 2 aromatic rings. The van der Waals surface area contributed by atoms with Crippen molar-refractivity contribution in [3.63, 3.8) is 0 Å². The number of hydrogen-bond donors (Lipinski definition) is 2. The van der Waals surface area contributed by atoms with Gasteiger partial charge in [0.15, 0.2) is 6.61 Å². The van der Waals surface area contributed by atoms with Crippen LogP contribution >= 0.6 is 0 Å². The van der Waals surface area contributed by atoms with Gasteiger partial charge in [-0.1, -0.05) is 12.1 Å². The summed E-state index contributed by atoms with van der Waals surface area (Å²) in [6.45, 7) is 8.16. The number of hydrogen-bond acceptors (Lipinski definition) is 7. The van der Waals surface area contributed by atoms with E-state index in [0.29, 0.717) is 17.3 Å². The van der Waals surface area contributed by atoms with Gasteiger partial charge in [-0.15, -0.1) is 0 Å². The number of nitrogens with one attached hydrogen (secondary N) is 2. The lowest BCUT2D eigenvalue weighted by atomic mass is 10.2. The van der Waals surface area contributed by atoms with Crippen molar-refractivity contribution in [3.05, 3.63) is 54.1 Å². The van der Waals surface area contributed by atoms with Crippen LogP contribution < -0.4 is 14.9 Å². The number of esters is 1. The van der Waals surface area contributed by atoms with E-state index in [4.69, 9.17) is 4.74 Å². The Hall–Kier alpha value is -3.40. The molecule has 0 aromatic heterocycles. The lowest BCUT2D eigenvalue weighted by Gasteiger charge is -2.27. The van der Waals surface area contributed by atoms with Gasteiger partial charge in [0, 0.05) is 29.5 Å². The van der Waals surface area contributed by atoms with Crippen molar-refractivity contribution in [1.29, 1.82) is 0 Å². The monoisotopic (exact) mass is 472 g/mol. The van der Waals surface area contributed by atoms with Crippen molar-refractivity contribution in [3.8, 4) is 0 Å². The zero-order valence-corrected chi connectivity index (χ0v) is 19.8. The van der Waals surface area contributed by atoms with Crippen LogP contribution in [0.3, 0.4) is 0 Å². The molecular formula is C23H28N4O5S.